The molecule has 7 heteroatoms. The van der Waals surface area contributed by atoms with Crippen molar-refractivity contribution in [3.8, 4) is 11.5 Å². The average molecular weight is 401 g/mol. The van der Waals surface area contributed by atoms with E-state index >= 15 is 0 Å². The van der Waals surface area contributed by atoms with Gasteiger partial charge in [-0.1, -0.05) is 25.1 Å². The Labute approximate surface area is 167 Å². The van der Waals surface area contributed by atoms with Gasteiger partial charge in [-0.05, 0) is 60.9 Å². The molecule has 0 atom stereocenters. The summed E-state index contributed by atoms with van der Waals surface area (Å²) >= 11 is 0. The number of amides is 1. The number of nitrogens with one attached hydrogen (secondary N) is 1. The highest BCUT2D eigenvalue weighted by molar-refractivity contribution is 6.03. The molecule has 5 nitrogen and oxygen atoms in total. The van der Waals surface area contributed by atoms with E-state index in [4.69, 9.17) is 9.15 Å². The minimum atomic E-state index is -2.99. The van der Waals surface area contributed by atoms with Gasteiger partial charge in [-0.2, -0.15) is 8.78 Å². The molecule has 0 saturated heterocycles. The summed E-state index contributed by atoms with van der Waals surface area (Å²) in [5.41, 5.74) is 2.13. The third-order valence-corrected chi connectivity index (χ3v) is 4.20. The van der Waals surface area contributed by atoms with Gasteiger partial charge in [0.15, 0.2) is 5.76 Å². The highest BCUT2D eigenvalue weighted by Gasteiger charge is 2.16. The second-order valence-electron chi connectivity index (χ2n) is 6.38. The zero-order chi connectivity index (χ0) is 20.8. The molecule has 1 N–H and O–H groups in total. The van der Waals surface area contributed by atoms with Crippen molar-refractivity contribution >= 4 is 11.6 Å². The van der Waals surface area contributed by atoms with Crippen LogP contribution in [0.15, 0.2) is 59.0 Å². The molecule has 0 saturated carbocycles. The number of hydrogen-bond acceptors (Lipinski definition) is 4. The van der Waals surface area contributed by atoms with E-state index in [2.05, 4.69) is 17.0 Å². The molecule has 0 unspecified atom stereocenters. The van der Waals surface area contributed by atoms with Gasteiger partial charge in [0, 0.05) is 0 Å². The lowest BCUT2D eigenvalue weighted by Crippen LogP contribution is -2.13. The Kier molecular flexibility index (Phi) is 6.49. The number of rotatable bonds is 8. The largest absolute Gasteiger partial charge is 0.486 e. The van der Waals surface area contributed by atoms with Crippen LogP contribution in [0.5, 0.6) is 11.5 Å². The molecule has 0 aliphatic heterocycles. The highest BCUT2D eigenvalue weighted by Crippen LogP contribution is 2.28. The molecular weight excluding hydrogens is 380 g/mol. The van der Waals surface area contributed by atoms with E-state index in [1.54, 1.807) is 25.1 Å². The van der Waals surface area contributed by atoms with Crippen LogP contribution < -0.4 is 14.8 Å². The Hall–Kier alpha value is -3.35. The lowest BCUT2D eigenvalue weighted by atomic mass is 10.2. The normalized spacial score (nSPS) is 10.8. The molecule has 0 aliphatic rings. The number of aryl methyl sites for hydroxylation is 2. The first-order valence-corrected chi connectivity index (χ1v) is 9.12. The summed E-state index contributed by atoms with van der Waals surface area (Å²) in [6.07, 6.45) is 0.946. The van der Waals surface area contributed by atoms with Crippen molar-refractivity contribution in [1.82, 2.24) is 0 Å². The lowest BCUT2D eigenvalue weighted by molar-refractivity contribution is -0.0493. The SMILES string of the molecule is CCc1ccc(OCc2ccc(C(=O)Nc3cc(C)ccc3OC(F)F)o2)cc1. The first-order valence-electron chi connectivity index (χ1n) is 9.12. The van der Waals surface area contributed by atoms with Crippen molar-refractivity contribution in [1.29, 1.82) is 0 Å². The number of furan rings is 1. The van der Waals surface area contributed by atoms with Crippen molar-refractivity contribution in [2.24, 2.45) is 0 Å². The highest BCUT2D eigenvalue weighted by atomic mass is 19.3. The predicted octanol–water partition coefficient (Wildman–Crippen LogP) is 5.58. The number of alkyl halides is 2. The fourth-order valence-corrected chi connectivity index (χ4v) is 2.68. The van der Waals surface area contributed by atoms with E-state index in [0.29, 0.717) is 11.5 Å². The van der Waals surface area contributed by atoms with Crippen molar-refractivity contribution < 1.29 is 27.5 Å². The number of anilines is 1. The molecule has 0 aliphatic carbocycles. The van der Waals surface area contributed by atoms with Crippen LogP contribution in [0.1, 0.15) is 34.4 Å². The second-order valence-corrected chi connectivity index (χ2v) is 6.38. The Balaban J connectivity index is 1.64. The first-order chi connectivity index (χ1) is 13.9. The van der Waals surface area contributed by atoms with Gasteiger partial charge >= 0.3 is 6.61 Å². The molecule has 0 fully saturated rings. The van der Waals surface area contributed by atoms with Crippen LogP contribution >= 0.6 is 0 Å². The van der Waals surface area contributed by atoms with Gasteiger partial charge in [-0.25, -0.2) is 0 Å². The smallest absolute Gasteiger partial charge is 0.387 e. The second kappa shape index (κ2) is 9.23. The Morgan fingerprint density at radius 2 is 1.86 bits per heavy atom. The van der Waals surface area contributed by atoms with E-state index in [1.807, 2.05) is 24.3 Å². The Bertz CT molecular complexity index is 967. The third kappa shape index (κ3) is 5.57. The van der Waals surface area contributed by atoms with Crippen LogP contribution in [-0.2, 0) is 13.0 Å². The van der Waals surface area contributed by atoms with Gasteiger partial charge in [0.1, 0.15) is 23.9 Å². The van der Waals surface area contributed by atoms with Crippen LogP contribution in [-0.4, -0.2) is 12.5 Å². The molecule has 0 spiro atoms. The molecule has 1 amide bonds. The summed E-state index contributed by atoms with van der Waals surface area (Å²) in [7, 11) is 0. The van der Waals surface area contributed by atoms with Crippen LogP contribution in [0, 0.1) is 6.92 Å². The number of carbonyl (C=O) groups is 1. The monoisotopic (exact) mass is 401 g/mol. The summed E-state index contributed by atoms with van der Waals surface area (Å²) in [5, 5.41) is 2.54. The maximum absolute atomic E-state index is 12.6. The number of ether oxygens (including phenoxy) is 2. The van der Waals surface area contributed by atoms with Crippen molar-refractivity contribution in [2.45, 2.75) is 33.5 Å². The van der Waals surface area contributed by atoms with Crippen LogP contribution in [0.25, 0.3) is 0 Å². The molecule has 3 aromatic rings. The zero-order valence-electron chi connectivity index (χ0n) is 16.1. The number of hydrogen-bond donors (Lipinski definition) is 1. The van der Waals surface area contributed by atoms with Crippen molar-refractivity contribution in [2.75, 3.05) is 5.32 Å². The molecule has 0 radical (unpaired) electrons. The predicted molar refractivity (Wildman–Crippen MR) is 105 cm³/mol. The molecular formula is C22H21F2NO4. The zero-order valence-corrected chi connectivity index (χ0v) is 16.1. The molecule has 1 heterocycles. The lowest BCUT2D eigenvalue weighted by Gasteiger charge is -2.12. The third-order valence-electron chi connectivity index (χ3n) is 4.20. The molecule has 152 valence electrons. The minimum absolute atomic E-state index is 0.0365. The Morgan fingerprint density at radius 1 is 1.10 bits per heavy atom. The van der Waals surface area contributed by atoms with Gasteiger partial charge < -0.3 is 19.2 Å². The van der Waals surface area contributed by atoms with Gasteiger partial charge in [0.2, 0.25) is 0 Å². The van der Waals surface area contributed by atoms with Crippen molar-refractivity contribution in [3.05, 3.63) is 77.2 Å². The fraction of sp³-hybridized carbons (Fsp3) is 0.227. The van der Waals surface area contributed by atoms with Gasteiger partial charge in [-0.15, -0.1) is 0 Å². The summed E-state index contributed by atoms with van der Waals surface area (Å²) < 4.78 is 40.7. The maximum atomic E-state index is 12.6. The number of benzene rings is 2. The molecule has 29 heavy (non-hydrogen) atoms. The molecule has 3 rings (SSSR count). The molecule has 1 aromatic heterocycles. The molecule has 0 bridgehead atoms. The van der Waals surface area contributed by atoms with Crippen LogP contribution in [0.2, 0.25) is 0 Å². The summed E-state index contributed by atoms with van der Waals surface area (Å²) in [6, 6.07) is 15.4. The number of halogens is 2. The quantitative estimate of drug-likeness (QED) is 0.535. The average Bonchev–Trinajstić information content (AvgIpc) is 3.18. The maximum Gasteiger partial charge on any atom is 0.387 e. The van der Waals surface area contributed by atoms with Crippen molar-refractivity contribution in [3.63, 3.8) is 0 Å². The number of carbonyl (C=O) groups excluding carboxylic acids is 1. The van der Waals surface area contributed by atoms with Crippen LogP contribution in [0.3, 0.4) is 0 Å². The van der Waals surface area contributed by atoms with E-state index in [0.717, 1.165) is 12.0 Å². The standard InChI is InChI=1S/C22H21F2NO4/c1-3-15-5-7-16(8-6-15)27-13-17-9-11-20(28-17)21(26)25-18-12-14(2)4-10-19(18)29-22(23)24/h4-12,22H,3,13H2,1-2H3,(H,25,26). The van der Waals surface area contributed by atoms with Crippen LogP contribution in [0.4, 0.5) is 14.5 Å². The minimum Gasteiger partial charge on any atom is -0.486 e. The van der Waals surface area contributed by atoms with Gasteiger partial charge in [-0.3, -0.25) is 4.79 Å². The van der Waals surface area contributed by atoms with E-state index in [-0.39, 0.29) is 23.8 Å². The van der Waals surface area contributed by atoms with E-state index in [9.17, 15) is 13.6 Å². The Morgan fingerprint density at radius 3 is 2.55 bits per heavy atom. The molecule has 2 aromatic carbocycles. The van der Waals surface area contributed by atoms with Gasteiger partial charge in [0.05, 0.1) is 5.69 Å². The topological polar surface area (TPSA) is 60.7 Å². The fourth-order valence-electron chi connectivity index (χ4n) is 2.68. The summed E-state index contributed by atoms with van der Waals surface area (Å²) in [6.45, 7) is 1.01. The van der Waals surface area contributed by atoms with E-state index in [1.165, 1.54) is 17.7 Å². The summed E-state index contributed by atoms with van der Waals surface area (Å²) in [5.74, 6) is 0.494. The first kappa shape index (κ1) is 20.4. The summed E-state index contributed by atoms with van der Waals surface area (Å²) in [4.78, 5) is 12.4. The van der Waals surface area contributed by atoms with E-state index < -0.39 is 12.5 Å². The van der Waals surface area contributed by atoms with Gasteiger partial charge in [0.25, 0.3) is 5.91 Å².